The lowest BCUT2D eigenvalue weighted by atomic mass is 10.1. The van der Waals surface area contributed by atoms with Gasteiger partial charge in [-0.25, -0.2) is 0 Å². The molecular formula is C69H116O6. The van der Waals surface area contributed by atoms with Crippen molar-refractivity contribution in [1.82, 2.24) is 0 Å². The van der Waals surface area contributed by atoms with Crippen LogP contribution in [-0.2, 0) is 28.6 Å². The van der Waals surface area contributed by atoms with Crippen LogP contribution < -0.4 is 0 Å². The Bertz CT molecular complexity index is 1520. The molecule has 0 bridgehead atoms. The molecule has 0 aromatic rings. The summed E-state index contributed by atoms with van der Waals surface area (Å²) in [5, 5.41) is 0. The molecular weight excluding hydrogens is 925 g/mol. The maximum absolute atomic E-state index is 12.9. The summed E-state index contributed by atoms with van der Waals surface area (Å²) < 4.78 is 16.9. The highest BCUT2D eigenvalue weighted by atomic mass is 16.6. The number of carbonyl (C=O) groups is 3. The largest absolute Gasteiger partial charge is 0.462 e. The van der Waals surface area contributed by atoms with Crippen molar-refractivity contribution in [2.24, 2.45) is 0 Å². The van der Waals surface area contributed by atoms with E-state index in [0.717, 1.165) is 122 Å². The second-order valence-electron chi connectivity index (χ2n) is 20.5. The molecule has 0 aromatic heterocycles. The molecule has 1 atom stereocenters. The van der Waals surface area contributed by atoms with Crippen LogP contribution in [0.15, 0.2) is 109 Å². The van der Waals surface area contributed by atoms with Gasteiger partial charge in [0, 0.05) is 19.3 Å². The predicted molar refractivity (Wildman–Crippen MR) is 325 cm³/mol. The van der Waals surface area contributed by atoms with E-state index in [2.05, 4.69) is 130 Å². The van der Waals surface area contributed by atoms with E-state index in [1.54, 1.807) is 0 Å². The lowest BCUT2D eigenvalue weighted by molar-refractivity contribution is -0.167. The fourth-order valence-electron chi connectivity index (χ4n) is 8.60. The average Bonchev–Trinajstić information content (AvgIpc) is 3.41. The van der Waals surface area contributed by atoms with E-state index in [9.17, 15) is 14.4 Å². The second-order valence-corrected chi connectivity index (χ2v) is 20.5. The van der Waals surface area contributed by atoms with E-state index in [1.165, 1.54) is 128 Å². The Morgan fingerprint density at radius 3 is 0.827 bits per heavy atom. The first kappa shape index (κ1) is 71.1. The van der Waals surface area contributed by atoms with Crippen molar-refractivity contribution in [3.05, 3.63) is 109 Å². The normalized spacial score (nSPS) is 12.8. The summed E-state index contributed by atoms with van der Waals surface area (Å²) in [4.78, 5) is 38.3. The summed E-state index contributed by atoms with van der Waals surface area (Å²) in [6.07, 6.45) is 85.1. The van der Waals surface area contributed by atoms with E-state index in [4.69, 9.17) is 14.2 Å². The fraction of sp³-hybridized carbons (Fsp3) is 0.696. The highest BCUT2D eigenvalue weighted by Crippen LogP contribution is 2.16. The minimum atomic E-state index is -0.790. The maximum Gasteiger partial charge on any atom is 0.306 e. The van der Waals surface area contributed by atoms with Crippen molar-refractivity contribution < 1.29 is 28.6 Å². The number of rotatable bonds is 56. The summed E-state index contributed by atoms with van der Waals surface area (Å²) in [6.45, 7) is 6.40. The first-order valence-corrected chi connectivity index (χ1v) is 31.4. The molecule has 0 amide bonds. The predicted octanol–water partition coefficient (Wildman–Crippen LogP) is 21.4. The number of carbonyl (C=O) groups excluding carboxylic acids is 3. The Hall–Kier alpha value is -3.93. The molecule has 0 aliphatic rings. The Kier molecular flexibility index (Phi) is 59.3. The van der Waals surface area contributed by atoms with E-state index in [0.29, 0.717) is 19.3 Å². The van der Waals surface area contributed by atoms with Crippen LogP contribution in [0.5, 0.6) is 0 Å². The van der Waals surface area contributed by atoms with Crippen LogP contribution in [-0.4, -0.2) is 37.2 Å². The van der Waals surface area contributed by atoms with Crippen molar-refractivity contribution in [3.63, 3.8) is 0 Å². The molecule has 75 heavy (non-hydrogen) atoms. The van der Waals surface area contributed by atoms with Gasteiger partial charge in [0.25, 0.3) is 0 Å². The molecule has 6 nitrogen and oxygen atoms in total. The molecule has 0 N–H and O–H groups in total. The first-order chi connectivity index (χ1) is 37.0. The summed E-state index contributed by atoms with van der Waals surface area (Å²) in [7, 11) is 0. The molecule has 428 valence electrons. The molecule has 1 unspecified atom stereocenters. The zero-order chi connectivity index (χ0) is 54.3. The summed E-state index contributed by atoms with van der Waals surface area (Å²) in [6, 6.07) is 0. The molecule has 0 radical (unpaired) electrons. The number of allylic oxidation sites excluding steroid dienone is 18. The number of ether oxygens (including phenoxy) is 3. The van der Waals surface area contributed by atoms with Gasteiger partial charge in [-0.05, 0) is 122 Å². The molecule has 0 rings (SSSR count). The monoisotopic (exact) mass is 1040 g/mol. The summed E-state index contributed by atoms with van der Waals surface area (Å²) in [5.41, 5.74) is 0. The first-order valence-electron chi connectivity index (χ1n) is 31.4. The smallest absolute Gasteiger partial charge is 0.306 e. The summed E-state index contributed by atoms with van der Waals surface area (Å²) in [5.74, 6) is -0.901. The second kappa shape index (κ2) is 62.6. The molecule has 0 heterocycles. The Balaban J connectivity index is 4.37. The van der Waals surface area contributed by atoms with Crippen molar-refractivity contribution in [2.45, 2.75) is 297 Å². The Labute approximate surface area is 463 Å². The lowest BCUT2D eigenvalue weighted by Crippen LogP contribution is -2.30. The zero-order valence-corrected chi connectivity index (χ0v) is 49.0. The van der Waals surface area contributed by atoms with Gasteiger partial charge in [0.05, 0.1) is 0 Å². The van der Waals surface area contributed by atoms with Crippen molar-refractivity contribution in [1.29, 1.82) is 0 Å². The van der Waals surface area contributed by atoms with Crippen LogP contribution in [0.4, 0.5) is 0 Å². The zero-order valence-electron chi connectivity index (χ0n) is 49.0. The fourth-order valence-corrected chi connectivity index (χ4v) is 8.60. The molecule has 0 saturated heterocycles. The minimum Gasteiger partial charge on any atom is -0.462 e. The molecule has 0 spiro atoms. The van der Waals surface area contributed by atoms with Crippen LogP contribution in [0.3, 0.4) is 0 Å². The standard InChI is InChI=1S/C69H116O6/c1-4-7-10-13-16-19-22-25-27-29-31-33-34-36-37-39-41-44-47-50-53-56-59-62-68(71)74-65-66(64-73-67(70)61-58-55-52-49-46-43-24-21-18-15-12-9-6-3)75-69(72)63-60-57-54-51-48-45-42-40-38-35-32-30-28-26-23-20-17-14-11-8-5-2/h7-8,10-11,16-17,19-21,24-28,31-33,35,66H,4-6,9,12-15,18,22-23,29-30,34,36-65H2,1-3H3/b10-7-,11-8-,19-16-,20-17-,24-21-,27-25-,28-26-,33-31-,35-32-. The average molecular weight is 1040 g/mol. The van der Waals surface area contributed by atoms with Crippen molar-refractivity contribution >= 4 is 17.9 Å². The van der Waals surface area contributed by atoms with Crippen LogP contribution in [0, 0.1) is 0 Å². The van der Waals surface area contributed by atoms with Gasteiger partial charge < -0.3 is 14.2 Å². The molecule has 0 aliphatic carbocycles. The van der Waals surface area contributed by atoms with Gasteiger partial charge in [0.2, 0.25) is 0 Å². The van der Waals surface area contributed by atoms with Gasteiger partial charge >= 0.3 is 17.9 Å². The van der Waals surface area contributed by atoms with E-state index < -0.39 is 6.10 Å². The van der Waals surface area contributed by atoms with Gasteiger partial charge in [-0.3, -0.25) is 14.4 Å². The van der Waals surface area contributed by atoms with E-state index >= 15 is 0 Å². The third kappa shape index (κ3) is 60.8. The highest BCUT2D eigenvalue weighted by Gasteiger charge is 2.19. The number of hydrogen-bond acceptors (Lipinski definition) is 6. The number of unbranched alkanes of at least 4 members (excludes halogenated alkanes) is 27. The van der Waals surface area contributed by atoms with Gasteiger partial charge in [-0.2, -0.15) is 0 Å². The van der Waals surface area contributed by atoms with Gasteiger partial charge in [-0.15, -0.1) is 0 Å². The van der Waals surface area contributed by atoms with Crippen LogP contribution in [0.2, 0.25) is 0 Å². The topological polar surface area (TPSA) is 78.9 Å². The molecule has 6 heteroatoms. The molecule has 0 aliphatic heterocycles. The van der Waals surface area contributed by atoms with Crippen molar-refractivity contribution in [3.8, 4) is 0 Å². The van der Waals surface area contributed by atoms with Crippen LogP contribution in [0.25, 0.3) is 0 Å². The Morgan fingerprint density at radius 1 is 0.280 bits per heavy atom. The minimum absolute atomic E-state index is 0.0865. The maximum atomic E-state index is 12.9. The number of hydrogen-bond donors (Lipinski definition) is 0. The molecule has 0 saturated carbocycles. The van der Waals surface area contributed by atoms with Crippen LogP contribution >= 0.6 is 0 Å². The molecule has 0 fully saturated rings. The van der Waals surface area contributed by atoms with Gasteiger partial charge in [-0.1, -0.05) is 259 Å². The van der Waals surface area contributed by atoms with Crippen molar-refractivity contribution in [2.75, 3.05) is 13.2 Å². The van der Waals surface area contributed by atoms with Crippen LogP contribution in [0.1, 0.15) is 290 Å². The third-order valence-corrected chi connectivity index (χ3v) is 13.2. The highest BCUT2D eigenvalue weighted by molar-refractivity contribution is 5.71. The van der Waals surface area contributed by atoms with Gasteiger partial charge in [0.15, 0.2) is 6.10 Å². The quantitative estimate of drug-likeness (QED) is 0.0261. The SMILES string of the molecule is CC/C=C\C/C=C\C/C=C\C/C=C\CCCCCCCCCCCCC(=O)OCC(COC(=O)CCCCCCC/C=C\CCCCCC)OC(=O)CCCCCCCCCC/C=C\C/C=C\C/C=C\C/C=C\CC. The van der Waals surface area contributed by atoms with Gasteiger partial charge in [0.1, 0.15) is 13.2 Å². The molecule has 0 aromatic carbocycles. The third-order valence-electron chi connectivity index (χ3n) is 13.2. The Morgan fingerprint density at radius 2 is 0.520 bits per heavy atom. The number of esters is 3. The van der Waals surface area contributed by atoms with E-state index in [-0.39, 0.29) is 31.1 Å². The lowest BCUT2D eigenvalue weighted by Gasteiger charge is -2.18. The van der Waals surface area contributed by atoms with E-state index in [1.807, 2.05) is 0 Å². The summed E-state index contributed by atoms with van der Waals surface area (Å²) >= 11 is 0.